The fourth-order valence-corrected chi connectivity index (χ4v) is 3.65. The summed E-state index contributed by atoms with van der Waals surface area (Å²) in [6.07, 6.45) is 3.07. The molecule has 1 aromatic rings. The van der Waals surface area contributed by atoms with Gasteiger partial charge in [0.2, 0.25) is 0 Å². The lowest BCUT2D eigenvalue weighted by Crippen LogP contribution is -2.51. The van der Waals surface area contributed by atoms with Gasteiger partial charge in [-0.15, -0.1) is 0 Å². The average molecular weight is 434 g/mol. The molecule has 1 saturated heterocycles. The van der Waals surface area contributed by atoms with Crippen molar-refractivity contribution in [1.82, 2.24) is 0 Å². The van der Waals surface area contributed by atoms with Crippen LogP contribution in [0.15, 0.2) is 35.4 Å². The molecule has 0 N–H and O–H groups in total. The maximum absolute atomic E-state index is 11.1. The van der Waals surface area contributed by atoms with E-state index in [9.17, 15) is 4.79 Å². The van der Waals surface area contributed by atoms with Crippen molar-refractivity contribution in [2.75, 3.05) is 19.8 Å². The summed E-state index contributed by atoms with van der Waals surface area (Å²) < 4.78 is 22.8. The maximum atomic E-state index is 11.1. The highest BCUT2D eigenvalue weighted by Crippen LogP contribution is 2.33. The van der Waals surface area contributed by atoms with Crippen molar-refractivity contribution in [2.24, 2.45) is 17.0 Å². The molecule has 5 unspecified atom stereocenters. The van der Waals surface area contributed by atoms with Gasteiger partial charge in [0.05, 0.1) is 18.8 Å². The van der Waals surface area contributed by atoms with Gasteiger partial charge in [-0.25, -0.2) is 0 Å². The number of hydrogen-bond donors (Lipinski definition) is 0. The Hall–Kier alpha value is -2.12. The van der Waals surface area contributed by atoms with Crippen LogP contribution >= 0.6 is 0 Å². The van der Waals surface area contributed by atoms with Crippen LogP contribution in [0, 0.1) is 11.8 Å². The molecule has 8 nitrogen and oxygen atoms in total. The first-order valence-electron chi connectivity index (χ1n) is 11.1. The molecule has 0 aromatic heterocycles. The van der Waals surface area contributed by atoms with E-state index in [1.807, 2.05) is 32.0 Å². The van der Waals surface area contributed by atoms with E-state index in [4.69, 9.17) is 24.5 Å². The Morgan fingerprint density at radius 1 is 1.10 bits per heavy atom. The van der Waals surface area contributed by atoms with Gasteiger partial charge in [0.25, 0.3) is 0 Å². The van der Waals surface area contributed by atoms with Gasteiger partial charge in [0.1, 0.15) is 6.61 Å². The van der Waals surface area contributed by atoms with Crippen molar-refractivity contribution in [3.05, 3.63) is 46.3 Å². The van der Waals surface area contributed by atoms with Crippen molar-refractivity contribution in [3.8, 4) is 0 Å². The molecule has 31 heavy (non-hydrogen) atoms. The molecule has 1 aromatic carbocycles. The van der Waals surface area contributed by atoms with Gasteiger partial charge >= 0.3 is 5.97 Å². The minimum atomic E-state index is -0.628. The Kier molecular flexibility index (Phi) is 11.4. The highest BCUT2D eigenvalue weighted by Gasteiger charge is 2.42. The quantitative estimate of drug-likeness (QED) is 0.143. The van der Waals surface area contributed by atoms with Crippen LogP contribution in [0.5, 0.6) is 0 Å². The summed E-state index contributed by atoms with van der Waals surface area (Å²) in [5.74, 6) is -0.214. The van der Waals surface area contributed by atoms with E-state index in [1.165, 1.54) is 12.5 Å². The highest BCUT2D eigenvalue weighted by molar-refractivity contribution is 5.65. The van der Waals surface area contributed by atoms with Gasteiger partial charge in [0, 0.05) is 25.0 Å². The molecule has 8 heteroatoms. The summed E-state index contributed by atoms with van der Waals surface area (Å²) in [5.41, 5.74) is 10.1. The van der Waals surface area contributed by atoms with Gasteiger partial charge in [-0.3, -0.25) is 4.79 Å². The molecular weight excluding hydrogens is 398 g/mol. The van der Waals surface area contributed by atoms with Crippen LogP contribution in [0.25, 0.3) is 10.4 Å². The van der Waals surface area contributed by atoms with Gasteiger partial charge in [0.15, 0.2) is 6.29 Å². The number of esters is 1. The fourth-order valence-electron chi connectivity index (χ4n) is 3.65. The lowest BCUT2D eigenvalue weighted by atomic mass is 9.82. The van der Waals surface area contributed by atoms with E-state index in [1.54, 1.807) is 0 Å². The van der Waals surface area contributed by atoms with Gasteiger partial charge in [-0.2, -0.15) is 0 Å². The maximum Gasteiger partial charge on any atom is 0.302 e. The zero-order valence-corrected chi connectivity index (χ0v) is 18.8. The zero-order valence-electron chi connectivity index (χ0n) is 18.8. The topological polar surface area (TPSA) is 103 Å². The predicted octanol–water partition coefficient (Wildman–Crippen LogP) is 5.02. The number of hydrogen-bond acceptors (Lipinski definition) is 6. The zero-order chi connectivity index (χ0) is 22.5. The van der Waals surface area contributed by atoms with Crippen molar-refractivity contribution in [1.29, 1.82) is 0 Å². The molecule has 0 saturated carbocycles. The van der Waals surface area contributed by atoms with Crippen molar-refractivity contribution in [2.45, 2.75) is 71.5 Å². The smallest absolute Gasteiger partial charge is 0.302 e. The molecule has 0 bridgehead atoms. The second kappa shape index (κ2) is 14.0. The molecule has 0 spiro atoms. The molecule has 0 amide bonds. The minimum Gasteiger partial charge on any atom is -0.463 e. The van der Waals surface area contributed by atoms with Crippen LogP contribution in [0.4, 0.5) is 0 Å². The summed E-state index contributed by atoms with van der Waals surface area (Å²) in [6, 6.07) is 9.75. The lowest BCUT2D eigenvalue weighted by molar-refractivity contribution is -0.239. The van der Waals surface area contributed by atoms with Crippen molar-refractivity contribution < 1.29 is 23.7 Å². The molecule has 1 aliphatic rings. The first-order valence-corrected chi connectivity index (χ1v) is 11.1. The molecule has 5 atom stereocenters. The van der Waals surface area contributed by atoms with E-state index in [2.05, 4.69) is 22.2 Å². The monoisotopic (exact) mass is 433 g/mol. The normalized spacial score (nSPS) is 25.6. The Labute approximate surface area is 184 Å². The molecule has 1 fully saturated rings. The third-order valence-electron chi connectivity index (χ3n) is 5.75. The van der Waals surface area contributed by atoms with E-state index in [0.29, 0.717) is 13.2 Å². The van der Waals surface area contributed by atoms with Crippen LogP contribution in [-0.2, 0) is 30.3 Å². The second-order valence-electron chi connectivity index (χ2n) is 8.08. The fraction of sp³-hybridized carbons (Fsp3) is 0.696. The summed E-state index contributed by atoms with van der Waals surface area (Å²) >= 11 is 0. The third kappa shape index (κ3) is 8.87. The summed E-state index contributed by atoms with van der Waals surface area (Å²) in [5, 5.41) is 3.91. The van der Waals surface area contributed by atoms with E-state index >= 15 is 0 Å². The standard InChI is InChI=1S/C23H35N3O5/c1-17-18(2)22(25-26-24)23(31-21(17)16-30-19(3)27)29-14-10-5-4-9-13-28-15-20-11-7-6-8-12-20/h6-8,11-12,17-18,21-23H,4-5,9-10,13-16H2,1-3H3. The van der Waals surface area contributed by atoms with Crippen molar-refractivity contribution >= 4 is 5.97 Å². The summed E-state index contributed by atoms with van der Waals surface area (Å²) in [4.78, 5) is 14.1. The van der Waals surface area contributed by atoms with Crippen LogP contribution < -0.4 is 0 Å². The van der Waals surface area contributed by atoms with E-state index in [-0.39, 0.29) is 30.5 Å². The highest BCUT2D eigenvalue weighted by atomic mass is 16.7. The Morgan fingerprint density at radius 2 is 1.81 bits per heavy atom. The van der Waals surface area contributed by atoms with Gasteiger partial charge < -0.3 is 18.9 Å². The third-order valence-corrected chi connectivity index (χ3v) is 5.75. The van der Waals surface area contributed by atoms with Crippen LogP contribution in [0.3, 0.4) is 0 Å². The summed E-state index contributed by atoms with van der Waals surface area (Å²) in [6.45, 7) is 7.48. The molecule has 0 aliphatic carbocycles. The molecule has 0 radical (unpaired) electrons. The van der Waals surface area contributed by atoms with Gasteiger partial charge in [-0.05, 0) is 35.8 Å². The Morgan fingerprint density at radius 3 is 2.48 bits per heavy atom. The average Bonchev–Trinajstić information content (AvgIpc) is 2.76. The predicted molar refractivity (Wildman–Crippen MR) is 117 cm³/mol. The van der Waals surface area contributed by atoms with Crippen LogP contribution in [0.2, 0.25) is 0 Å². The lowest BCUT2D eigenvalue weighted by Gasteiger charge is -2.42. The summed E-state index contributed by atoms with van der Waals surface area (Å²) in [7, 11) is 0. The number of carbonyl (C=O) groups is 1. The first kappa shape index (κ1) is 25.1. The van der Waals surface area contributed by atoms with E-state index < -0.39 is 12.3 Å². The Bertz CT molecular complexity index is 696. The number of unbranched alkanes of at least 4 members (excludes halogenated alkanes) is 3. The number of benzene rings is 1. The van der Waals surface area contributed by atoms with Crippen LogP contribution in [0.1, 0.15) is 52.0 Å². The second-order valence-corrected chi connectivity index (χ2v) is 8.08. The molecule has 2 rings (SSSR count). The SMILES string of the molecule is CC(=O)OCC1OC(OCCCCCCOCc2ccccc2)C(N=[N+]=[N-])C(C)C1C. The largest absolute Gasteiger partial charge is 0.463 e. The number of azide groups is 1. The number of carbonyl (C=O) groups excluding carboxylic acids is 1. The molecule has 1 heterocycles. The number of ether oxygens (including phenoxy) is 4. The molecule has 172 valence electrons. The number of nitrogens with zero attached hydrogens (tertiary/aromatic N) is 3. The minimum absolute atomic E-state index is 0.0528. The first-order chi connectivity index (χ1) is 15.0. The van der Waals surface area contributed by atoms with Crippen LogP contribution in [-0.4, -0.2) is 44.2 Å². The van der Waals surface area contributed by atoms with Crippen molar-refractivity contribution in [3.63, 3.8) is 0 Å². The number of rotatable bonds is 13. The van der Waals surface area contributed by atoms with Gasteiger partial charge in [-0.1, -0.05) is 62.1 Å². The van der Waals surface area contributed by atoms with E-state index in [0.717, 1.165) is 32.3 Å². The molecule has 1 aliphatic heterocycles. The Balaban J connectivity index is 1.65. The molecular formula is C23H35N3O5.